The number of ketones is 1. The maximum atomic E-state index is 12.9. The van der Waals surface area contributed by atoms with Gasteiger partial charge in [-0.2, -0.15) is 0 Å². The lowest BCUT2D eigenvalue weighted by Gasteiger charge is -2.16. The van der Waals surface area contributed by atoms with Crippen LogP contribution in [0, 0.1) is 5.92 Å². The Hall–Kier alpha value is -2.42. The van der Waals surface area contributed by atoms with Crippen LogP contribution < -0.4 is 4.90 Å². The van der Waals surface area contributed by atoms with Gasteiger partial charge in [0.2, 0.25) is 0 Å². The highest BCUT2D eigenvalue weighted by molar-refractivity contribution is 6.10. The third-order valence-corrected chi connectivity index (χ3v) is 4.89. The van der Waals surface area contributed by atoms with Crippen LogP contribution in [0.5, 0.6) is 0 Å². The zero-order valence-electron chi connectivity index (χ0n) is 16.1. The molecule has 0 saturated heterocycles. The van der Waals surface area contributed by atoms with E-state index in [0.29, 0.717) is 31.2 Å². The molecule has 1 aliphatic rings. The minimum Gasteiger partial charge on any atom is -0.304 e. The van der Waals surface area contributed by atoms with Gasteiger partial charge < -0.3 is 4.90 Å². The number of rotatable bonds is 6. The number of amides is 1. The molecule has 1 aliphatic heterocycles. The molecular weight excluding hydrogens is 322 g/mol. The largest absolute Gasteiger partial charge is 0.304 e. The summed E-state index contributed by atoms with van der Waals surface area (Å²) in [5.74, 6) is 1.09. The third kappa shape index (κ3) is 3.87. The molecule has 3 rings (SSSR count). The van der Waals surface area contributed by atoms with E-state index in [4.69, 9.17) is 0 Å². The van der Waals surface area contributed by atoms with Crippen LogP contribution in [0.1, 0.15) is 67.1 Å². The molecule has 2 aromatic rings. The first kappa shape index (κ1) is 18.4. The molecule has 2 aromatic carbocycles. The second-order valence-electron chi connectivity index (χ2n) is 7.94. The van der Waals surface area contributed by atoms with Gasteiger partial charge in [0.25, 0.3) is 5.91 Å². The van der Waals surface area contributed by atoms with Crippen LogP contribution in [0.2, 0.25) is 0 Å². The predicted octanol–water partition coefficient (Wildman–Crippen LogP) is 5.13. The molecule has 1 heterocycles. The number of carbonyl (C=O) groups excluding carboxylic acids is 2. The van der Waals surface area contributed by atoms with Crippen molar-refractivity contribution in [2.75, 3.05) is 4.90 Å². The molecule has 0 aromatic heterocycles. The molecule has 0 saturated carbocycles. The molecule has 0 bridgehead atoms. The summed E-state index contributed by atoms with van der Waals surface area (Å²) in [5, 5.41) is 0. The fourth-order valence-corrected chi connectivity index (χ4v) is 3.46. The summed E-state index contributed by atoms with van der Waals surface area (Å²) in [6.07, 6.45) is 0.987. The van der Waals surface area contributed by atoms with Crippen molar-refractivity contribution in [3.63, 3.8) is 0 Å². The van der Waals surface area contributed by atoms with E-state index in [1.807, 2.05) is 49.1 Å². The van der Waals surface area contributed by atoms with E-state index >= 15 is 0 Å². The number of hydrogen-bond donors (Lipinski definition) is 0. The maximum Gasteiger partial charge on any atom is 0.258 e. The molecule has 0 unspecified atom stereocenters. The minimum absolute atomic E-state index is 0.0236. The van der Waals surface area contributed by atoms with Crippen LogP contribution in [0.3, 0.4) is 0 Å². The Balaban J connectivity index is 1.77. The highest BCUT2D eigenvalue weighted by atomic mass is 16.2. The standard InChI is InChI=1S/C23H27NO2/c1-15(2)11-21(25)12-17-5-6-19-14-24(23(26)22(19)13-17)20-9-7-18(8-10-20)16(3)4/h5-10,13,15-16H,11-12,14H2,1-4H3. The lowest BCUT2D eigenvalue weighted by molar-refractivity contribution is -0.119. The highest BCUT2D eigenvalue weighted by Gasteiger charge is 2.28. The van der Waals surface area contributed by atoms with Crippen molar-refractivity contribution in [2.24, 2.45) is 5.92 Å². The van der Waals surface area contributed by atoms with E-state index in [2.05, 4.69) is 26.0 Å². The van der Waals surface area contributed by atoms with Crippen molar-refractivity contribution in [2.45, 2.75) is 53.0 Å². The highest BCUT2D eigenvalue weighted by Crippen LogP contribution is 2.30. The number of anilines is 1. The van der Waals surface area contributed by atoms with Crippen molar-refractivity contribution in [1.82, 2.24) is 0 Å². The predicted molar refractivity (Wildman–Crippen MR) is 106 cm³/mol. The molecule has 136 valence electrons. The third-order valence-electron chi connectivity index (χ3n) is 4.89. The van der Waals surface area contributed by atoms with Gasteiger partial charge in [-0.3, -0.25) is 9.59 Å². The van der Waals surface area contributed by atoms with E-state index in [9.17, 15) is 9.59 Å². The van der Waals surface area contributed by atoms with Crippen molar-refractivity contribution in [1.29, 1.82) is 0 Å². The van der Waals surface area contributed by atoms with Crippen LogP contribution in [-0.2, 0) is 17.8 Å². The fourth-order valence-electron chi connectivity index (χ4n) is 3.46. The van der Waals surface area contributed by atoms with Crippen molar-refractivity contribution < 1.29 is 9.59 Å². The van der Waals surface area contributed by atoms with Gasteiger partial charge in [0.15, 0.2) is 0 Å². The van der Waals surface area contributed by atoms with Crippen LogP contribution in [0.15, 0.2) is 42.5 Å². The van der Waals surface area contributed by atoms with Gasteiger partial charge in [0.05, 0.1) is 6.54 Å². The van der Waals surface area contributed by atoms with E-state index in [0.717, 1.165) is 22.4 Å². The summed E-state index contributed by atoms with van der Waals surface area (Å²) < 4.78 is 0. The summed E-state index contributed by atoms with van der Waals surface area (Å²) in [5.41, 5.74) is 4.88. The number of Topliss-reactive ketones (excluding diaryl/α,β-unsaturated/α-hetero) is 1. The van der Waals surface area contributed by atoms with Gasteiger partial charge in [-0.05, 0) is 46.7 Å². The van der Waals surface area contributed by atoms with E-state index in [1.165, 1.54) is 5.56 Å². The second-order valence-corrected chi connectivity index (χ2v) is 7.94. The number of carbonyl (C=O) groups is 2. The molecule has 0 radical (unpaired) electrons. The lowest BCUT2D eigenvalue weighted by Crippen LogP contribution is -2.22. The summed E-state index contributed by atoms with van der Waals surface area (Å²) in [6.45, 7) is 9.01. The Morgan fingerprint density at radius 2 is 1.73 bits per heavy atom. The van der Waals surface area contributed by atoms with Crippen LogP contribution in [0.4, 0.5) is 5.69 Å². The summed E-state index contributed by atoms with van der Waals surface area (Å²) in [4.78, 5) is 26.8. The Bertz CT molecular complexity index is 819. The van der Waals surface area contributed by atoms with E-state index in [1.54, 1.807) is 0 Å². The summed E-state index contributed by atoms with van der Waals surface area (Å²) in [7, 11) is 0. The molecule has 1 amide bonds. The van der Waals surface area contributed by atoms with Crippen molar-refractivity contribution in [3.8, 4) is 0 Å². The zero-order chi connectivity index (χ0) is 18.8. The van der Waals surface area contributed by atoms with E-state index < -0.39 is 0 Å². The number of benzene rings is 2. The zero-order valence-corrected chi connectivity index (χ0v) is 16.1. The summed E-state index contributed by atoms with van der Waals surface area (Å²) >= 11 is 0. The average molecular weight is 349 g/mol. The van der Waals surface area contributed by atoms with Crippen molar-refractivity contribution in [3.05, 3.63) is 64.7 Å². The normalized spacial score (nSPS) is 13.6. The topological polar surface area (TPSA) is 37.4 Å². The van der Waals surface area contributed by atoms with Gasteiger partial charge in [0, 0.05) is 24.1 Å². The first-order chi connectivity index (χ1) is 12.3. The number of nitrogens with zero attached hydrogens (tertiary/aromatic N) is 1. The monoisotopic (exact) mass is 349 g/mol. The Morgan fingerprint density at radius 3 is 2.35 bits per heavy atom. The average Bonchev–Trinajstić information content (AvgIpc) is 2.91. The van der Waals surface area contributed by atoms with E-state index in [-0.39, 0.29) is 11.7 Å². The number of fused-ring (bicyclic) bond motifs is 1. The SMILES string of the molecule is CC(C)CC(=O)Cc1ccc2c(c1)C(=O)N(c1ccc(C(C)C)cc1)C2. The first-order valence-corrected chi connectivity index (χ1v) is 9.40. The molecule has 26 heavy (non-hydrogen) atoms. The quantitative estimate of drug-likeness (QED) is 0.725. The molecule has 0 fully saturated rings. The second kappa shape index (κ2) is 7.45. The Morgan fingerprint density at radius 1 is 1.04 bits per heavy atom. The fraction of sp³-hybridized carbons (Fsp3) is 0.391. The molecule has 3 heteroatoms. The molecule has 3 nitrogen and oxygen atoms in total. The van der Waals surface area contributed by atoms with Gasteiger partial charge in [-0.15, -0.1) is 0 Å². The first-order valence-electron chi connectivity index (χ1n) is 9.40. The van der Waals surface area contributed by atoms with Gasteiger partial charge >= 0.3 is 0 Å². The molecule has 0 N–H and O–H groups in total. The van der Waals surface area contributed by atoms with Gasteiger partial charge in [0.1, 0.15) is 5.78 Å². The summed E-state index contributed by atoms with van der Waals surface area (Å²) in [6, 6.07) is 14.1. The van der Waals surface area contributed by atoms with Gasteiger partial charge in [-0.1, -0.05) is 52.0 Å². The lowest BCUT2D eigenvalue weighted by atomic mass is 9.98. The molecule has 0 atom stereocenters. The van der Waals surface area contributed by atoms with Crippen molar-refractivity contribution >= 4 is 17.4 Å². The Kier molecular flexibility index (Phi) is 5.26. The minimum atomic E-state index is 0.0236. The van der Waals surface area contributed by atoms with Crippen LogP contribution >= 0.6 is 0 Å². The number of hydrogen-bond acceptors (Lipinski definition) is 2. The Labute approximate surface area is 156 Å². The maximum absolute atomic E-state index is 12.9. The smallest absolute Gasteiger partial charge is 0.258 e. The van der Waals surface area contributed by atoms with Gasteiger partial charge in [-0.25, -0.2) is 0 Å². The molecular formula is C23H27NO2. The molecule has 0 spiro atoms. The molecule has 0 aliphatic carbocycles. The van der Waals surface area contributed by atoms with Crippen LogP contribution in [0.25, 0.3) is 0 Å². The van der Waals surface area contributed by atoms with Crippen LogP contribution in [-0.4, -0.2) is 11.7 Å².